The van der Waals surface area contributed by atoms with Crippen LogP contribution < -0.4 is 25.7 Å². The minimum Gasteiger partial charge on any atom is -0.519 e. The Balaban J connectivity index is 0.000000106. The molecule has 3 saturated heterocycles. The Labute approximate surface area is 749 Å². The first-order valence-electron chi connectivity index (χ1n) is 41.8. The summed E-state index contributed by atoms with van der Waals surface area (Å²) in [5.41, 5.74) is 4.86. The molecule has 654 valence electrons. The lowest BCUT2D eigenvalue weighted by atomic mass is 9.75. The van der Waals surface area contributed by atoms with Crippen LogP contribution in [0.1, 0.15) is 103 Å². The quantitative estimate of drug-likeness (QED) is 0.0432. The van der Waals surface area contributed by atoms with Crippen molar-refractivity contribution in [3.05, 3.63) is 340 Å². The Kier molecular flexibility index (Phi) is 22.7. The molecule has 0 bridgehead atoms. The fraction of sp³-hybridized carbons (Fsp3) is 0.126. The Hall–Kier alpha value is -14.5. The highest BCUT2D eigenvalue weighted by molar-refractivity contribution is 6.68. The van der Waals surface area contributed by atoms with Crippen LogP contribution in [0.4, 0.5) is 0 Å². The van der Waals surface area contributed by atoms with Gasteiger partial charge in [0.05, 0.1) is 29.9 Å². The number of benzene rings is 18. The zero-order valence-corrected chi connectivity index (χ0v) is 68.6. The Morgan fingerprint density at radius 1 is 0.303 bits per heavy atom. The standard InChI is InChI=1S/C30H15BO4.C22H19BO6.C16H11BO2.2C14H8O4.C6H12O6.CH4/c32-28-19-6-1-2-7-20(19)29(33)27-22(28)13-15-24-30(27)35-31(34-24)23-14-11-18-9-8-16-4-3-5-17-10-12-21(23)26(18)25(16)17;24-10-16-19(25)20(26)21-22(27-16)29-23(28-21)15-9-7-13-5-4-11-2-1-3-12-6-8-14(15)18(13)17(11)12;18-17(19)14-9-7-12-5-4-10-2-1-3-11-6-8-13(14)16(12)15(10)11;2*15-10-6-5-9-11(14(10)18)13(17)8-4-2-1-3-7(8)12(9)16;7-1-2-3(8)4(9)5(10)6(11)12-2;/h1-15H;1-9,16,19-22,24-26H,10H2;1-9,18-19H;2*1-6,15,18H;2-11H,1H2;1H4. The number of phenols is 4. The van der Waals surface area contributed by atoms with E-state index >= 15 is 0 Å². The summed E-state index contributed by atoms with van der Waals surface area (Å²) >= 11 is 0. The second kappa shape index (κ2) is 34.4. The van der Waals surface area contributed by atoms with Gasteiger partial charge in [0.2, 0.25) is 0 Å². The maximum Gasteiger partial charge on any atom is 0.633 e. The molecule has 0 aromatic heterocycles. The highest BCUT2D eigenvalue weighted by Gasteiger charge is 2.54. The van der Waals surface area contributed by atoms with E-state index in [0.717, 1.165) is 54.0 Å². The van der Waals surface area contributed by atoms with Crippen LogP contribution >= 0.6 is 0 Å². The zero-order chi connectivity index (χ0) is 91.0. The molecule has 18 aromatic rings. The zero-order valence-electron chi connectivity index (χ0n) is 68.6. The van der Waals surface area contributed by atoms with Crippen LogP contribution in [0.2, 0.25) is 0 Å². The monoisotopic (exact) mass is 1760 g/mol. The van der Waals surface area contributed by atoms with Gasteiger partial charge in [0.25, 0.3) is 0 Å². The first-order chi connectivity index (χ1) is 63.4. The number of carbonyl (C=O) groups excluding carboxylic acids is 6. The Bertz CT molecular complexity index is 7560. The summed E-state index contributed by atoms with van der Waals surface area (Å²) in [6, 6.07) is 84.0. The topological polar surface area (TPSA) is 441 Å². The molecule has 3 aliphatic carbocycles. The van der Waals surface area contributed by atoms with Crippen LogP contribution in [0.3, 0.4) is 0 Å². The second-order valence-corrected chi connectivity index (χ2v) is 32.6. The Morgan fingerprint density at radius 2 is 0.652 bits per heavy atom. The lowest BCUT2D eigenvalue weighted by Gasteiger charge is -2.37. The van der Waals surface area contributed by atoms with Crippen LogP contribution in [0.15, 0.2) is 273 Å². The number of ketones is 6. The normalized spacial score (nSPS) is 20.1. The lowest BCUT2D eigenvalue weighted by Crippen LogP contribution is -2.58. The summed E-state index contributed by atoms with van der Waals surface area (Å²) in [5.74, 6) is -3.03. The number of aliphatic hydroxyl groups excluding tert-OH is 8. The summed E-state index contributed by atoms with van der Waals surface area (Å²) in [4.78, 5) is 75.3. The number of aromatic hydroxyl groups is 4. The fourth-order valence-electron chi connectivity index (χ4n) is 18.8. The lowest BCUT2D eigenvalue weighted by molar-refractivity contribution is -0.286. The molecule has 4 heterocycles. The SMILES string of the molecule is C.O=C1c2ccccc2C(=O)c2c1ccc(O)c2O.O=C1c2ccccc2C(=O)c2c1ccc(O)c2O.O=C1c2ccccc2C(=O)c2c1ccc1c2OB(c2ccc3ccc4cccc5ccc2c3c45)O1.OB(O)c1ccc2ccc3cccc4ccc1c2c34.OCC1OC(O)C(O)C(O)C1O.OCC1OC2OB(c3ccc4ccc5cccc6ccc3c4c56)OC2C(O)C1O. The van der Waals surface area contributed by atoms with Crippen molar-refractivity contribution in [2.24, 2.45) is 0 Å². The number of fused-ring (bicyclic) bond motifs is 9. The van der Waals surface area contributed by atoms with Gasteiger partial charge in [0.1, 0.15) is 54.6 Å². The molecule has 26 nitrogen and oxygen atoms in total. The molecule has 4 aliphatic heterocycles. The molecule has 10 unspecified atom stereocenters. The molecular formula is C103H77B3O26. The highest BCUT2D eigenvalue weighted by Crippen LogP contribution is 2.47. The van der Waals surface area contributed by atoms with Gasteiger partial charge in [0, 0.05) is 55.5 Å². The van der Waals surface area contributed by atoms with Gasteiger partial charge in [-0.3, -0.25) is 28.8 Å². The largest absolute Gasteiger partial charge is 0.633 e. The van der Waals surface area contributed by atoms with Crippen molar-refractivity contribution >= 4 is 169 Å². The molecule has 3 fully saturated rings. The van der Waals surface area contributed by atoms with Gasteiger partial charge >= 0.3 is 21.4 Å². The van der Waals surface area contributed by atoms with Gasteiger partial charge in [0.15, 0.2) is 76.0 Å². The van der Waals surface area contributed by atoms with Gasteiger partial charge in [-0.1, -0.05) is 244 Å². The number of phenolic OH excluding ortho intramolecular Hbond substituents is 4. The molecular weight excluding hydrogens is 1690 g/mol. The van der Waals surface area contributed by atoms with Crippen LogP contribution in [-0.2, 0) is 18.8 Å². The average Bonchev–Trinajstić information content (AvgIpc) is 1.44. The van der Waals surface area contributed by atoms with Crippen molar-refractivity contribution in [3.63, 3.8) is 0 Å². The van der Waals surface area contributed by atoms with Crippen molar-refractivity contribution in [2.75, 3.05) is 13.2 Å². The van der Waals surface area contributed by atoms with Crippen LogP contribution in [0, 0.1) is 0 Å². The number of hydrogen-bond donors (Lipinski definition) is 14. The van der Waals surface area contributed by atoms with Crippen molar-refractivity contribution in [2.45, 2.75) is 68.8 Å². The number of ether oxygens (including phenoxy) is 2. The average molecular weight is 1760 g/mol. The van der Waals surface area contributed by atoms with E-state index in [9.17, 15) is 74.6 Å². The molecule has 0 amide bonds. The second-order valence-electron chi connectivity index (χ2n) is 32.6. The van der Waals surface area contributed by atoms with Crippen molar-refractivity contribution < 1.29 is 128 Å². The third-order valence-electron chi connectivity index (χ3n) is 25.3. The number of hydrogen-bond acceptors (Lipinski definition) is 26. The number of carbonyl (C=O) groups is 6. The summed E-state index contributed by atoms with van der Waals surface area (Å²) in [6.45, 7) is -0.934. The number of aliphatic hydroxyl groups is 8. The summed E-state index contributed by atoms with van der Waals surface area (Å²) in [6.07, 6.45) is -12.1. The van der Waals surface area contributed by atoms with Gasteiger partial charge in [-0.15, -0.1) is 0 Å². The maximum absolute atomic E-state index is 13.4. The van der Waals surface area contributed by atoms with E-state index in [0.29, 0.717) is 44.8 Å². The molecule has 18 aromatic carbocycles. The van der Waals surface area contributed by atoms with Crippen molar-refractivity contribution in [1.29, 1.82) is 0 Å². The molecule has 25 rings (SSSR count). The van der Waals surface area contributed by atoms with E-state index in [1.165, 1.54) is 90.3 Å². The first-order valence-corrected chi connectivity index (χ1v) is 41.8. The van der Waals surface area contributed by atoms with Crippen molar-refractivity contribution in [3.8, 4) is 34.5 Å². The van der Waals surface area contributed by atoms with Gasteiger partial charge in [-0.2, -0.15) is 0 Å². The Morgan fingerprint density at radius 3 is 1.08 bits per heavy atom. The van der Waals surface area contributed by atoms with Crippen LogP contribution in [-0.4, -0.2) is 202 Å². The molecule has 10 atom stereocenters. The summed E-state index contributed by atoms with van der Waals surface area (Å²) in [5, 5.41) is 152. The minimum absolute atomic E-state index is 0. The van der Waals surface area contributed by atoms with Crippen LogP contribution in [0.5, 0.6) is 34.5 Å². The maximum atomic E-state index is 13.4. The predicted molar refractivity (Wildman–Crippen MR) is 495 cm³/mol. The van der Waals surface area contributed by atoms with E-state index in [4.69, 9.17) is 48.9 Å². The molecule has 0 radical (unpaired) electrons. The molecule has 0 saturated carbocycles. The third kappa shape index (κ3) is 14.4. The molecule has 29 heteroatoms. The van der Waals surface area contributed by atoms with E-state index in [2.05, 4.69) is 120 Å². The molecule has 14 N–H and O–H groups in total. The van der Waals surface area contributed by atoms with E-state index in [1.54, 1.807) is 78.9 Å². The molecule has 7 aliphatic rings. The van der Waals surface area contributed by atoms with Gasteiger partial charge in [-0.25, -0.2) is 0 Å². The van der Waals surface area contributed by atoms with E-state index < -0.39 is 131 Å². The molecule has 0 spiro atoms. The third-order valence-corrected chi connectivity index (χ3v) is 25.3. The first kappa shape index (κ1) is 86.9. The number of rotatable bonds is 5. The smallest absolute Gasteiger partial charge is 0.519 e. The van der Waals surface area contributed by atoms with Gasteiger partial charge in [-0.05, 0) is 144 Å². The molecule has 132 heavy (non-hydrogen) atoms. The summed E-state index contributed by atoms with van der Waals surface area (Å²) < 4.78 is 34.7. The van der Waals surface area contributed by atoms with Crippen molar-refractivity contribution in [1.82, 2.24) is 0 Å². The predicted octanol–water partition coefficient (Wildman–Crippen LogP) is 10.1. The minimum atomic E-state index is -1.57. The van der Waals surface area contributed by atoms with E-state index in [1.807, 2.05) is 42.5 Å². The van der Waals surface area contributed by atoms with Crippen LogP contribution in [0.25, 0.3) is 97.0 Å². The van der Waals surface area contributed by atoms with E-state index in [-0.39, 0.29) is 69.5 Å². The fourth-order valence-corrected chi connectivity index (χ4v) is 18.8. The highest BCUT2D eigenvalue weighted by atomic mass is 16.8. The summed E-state index contributed by atoms with van der Waals surface area (Å²) in [7, 11) is -2.90. The van der Waals surface area contributed by atoms with Gasteiger partial charge < -0.3 is 99.4 Å².